The van der Waals surface area contributed by atoms with Crippen LogP contribution in [0.15, 0.2) is 24.3 Å². The molecule has 3 heterocycles. The second-order valence-electron chi connectivity index (χ2n) is 10.9. The summed E-state index contributed by atoms with van der Waals surface area (Å²) in [5.74, 6) is -0.940. The standard InChI is InChI=1S/C28H39NO7/c1-2-3-18-31-20-13-7-6-12-19(20)29-25(30)23-21-22(34-27(33-21)14-8-4-9-15-27)24-26(32-23)36-28(35-24)16-10-5-11-17-28/h6-7,12-13,21-24,26H,2-5,8-11,14-18H2,1H3,(H,29,30)/t21-,22-,23-,24-,26-/m1/s1. The Hall–Kier alpha value is -1.71. The van der Waals surface area contributed by atoms with Crippen LogP contribution in [-0.2, 0) is 28.5 Å². The van der Waals surface area contributed by atoms with Crippen LogP contribution in [0.25, 0.3) is 0 Å². The number of hydrogen-bond donors (Lipinski definition) is 1. The number of ether oxygens (including phenoxy) is 6. The van der Waals surface area contributed by atoms with Crippen LogP contribution >= 0.6 is 0 Å². The molecule has 0 unspecified atom stereocenters. The molecule has 36 heavy (non-hydrogen) atoms. The zero-order valence-corrected chi connectivity index (χ0v) is 21.2. The maximum Gasteiger partial charge on any atom is 0.256 e. The SMILES string of the molecule is CCCCOc1ccccc1NC(=O)[C@@H]1O[C@@H]2OC3(CCCCC3)O[C@@H]2[C@@H]2OC3(CCCCC3)O[C@H]21. The molecule has 6 rings (SSSR count). The lowest BCUT2D eigenvalue weighted by molar-refractivity contribution is -0.246. The highest BCUT2D eigenvalue weighted by Crippen LogP contribution is 2.51. The van der Waals surface area contributed by atoms with Crippen LogP contribution in [-0.4, -0.2) is 54.8 Å². The molecular weight excluding hydrogens is 462 g/mol. The molecule has 1 aromatic rings. The average molecular weight is 502 g/mol. The van der Waals surface area contributed by atoms with Crippen LogP contribution in [0.1, 0.15) is 84.0 Å². The fourth-order valence-electron chi connectivity index (χ4n) is 6.39. The first-order valence-electron chi connectivity index (χ1n) is 14.0. The predicted octanol–water partition coefficient (Wildman–Crippen LogP) is 5.05. The lowest BCUT2D eigenvalue weighted by Gasteiger charge is -2.36. The second-order valence-corrected chi connectivity index (χ2v) is 10.9. The van der Waals surface area contributed by atoms with Gasteiger partial charge in [0.25, 0.3) is 5.91 Å². The fourth-order valence-corrected chi connectivity index (χ4v) is 6.39. The first-order chi connectivity index (χ1) is 17.6. The summed E-state index contributed by atoms with van der Waals surface area (Å²) in [7, 11) is 0. The number of carbonyl (C=O) groups is 1. The van der Waals surface area contributed by atoms with Gasteiger partial charge in [-0.3, -0.25) is 4.79 Å². The molecule has 2 aliphatic carbocycles. The molecule has 1 aromatic carbocycles. The number of para-hydroxylation sites is 2. The van der Waals surface area contributed by atoms with Gasteiger partial charge < -0.3 is 33.7 Å². The Labute approximate surface area is 213 Å². The molecule has 8 heteroatoms. The van der Waals surface area contributed by atoms with E-state index in [0.29, 0.717) is 18.0 Å². The number of carbonyl (C=O) groups excluding carboxylic acids is 1. The third-order valence-electron chi connectivity index (χ3n) is 8.27. The van der Waals surface area contributed by atoms with E-state index in [1.165, 1.54) is 12.8 Å². The van der Waals surface area contributed by atoms with Crippen molar-refractivity contribution >= 4 is 11.6 Å². The van der Waals surface area contributed by atoms with E-state index in [4.69, 9.17) is 28.4 Å². The Morgan fingerprint density at radius 3 is 2.25 bits per heavy atom. The van der Waals surface area contributed by atoms with Crippen LogP contribution in [0.3, 0.4) is 0 Å². The largest absolute Gasteiger partial charge is 0.491 e. The molecule has 3 saturated heterocycles. The second kappa shape index (κ2) is 10.2. The van der Waals surface area contributed by atoms with Crippen molar-refractivity contribution in [3.8, 4) is 5.75 Å². The number of hydrogen-bond acceptors (Lipinski definition) is 7. The summed E-state index contributed by atoms with van der Waals surface area (Å²) < 4.78 is 38.5. The Kier molecular flexibility index (Phi) is 6.99. The number of nitrogens with one attached hydrogen (secondary N) is 1. The van der Waals surface area contributed by atoms with Crippen LogP contribution in [0, 0.1) is 0 Å². The monoisotopic (exact) mass is 501 g/mol. The molecule has 3 aliphatic heterocycles. The molecule has 2 spiro atoms. The van der Waals surface area contributed by atoms with Gasteiger partial charge in [-0.25, -0.2) is 0 Å². The van der Waals surface area contributed by atoms with E-state index in [0.717, 1.165) is 64.2 Å². The van der Waals surface area contributed by atoms with Crippen molar-refractivity contribution < 1.29 is 33.2 Å². The normalized spacial score (nSPS) is 34.3. The molecule has 5 aliphatic rings. The van der Waals surface area contributed by atoms with Gasteiger partial charge in [-0.15, -0.1) is 0 Å². The van der Waals surface area contributed by atoms with E-state index >= 15 is 0 Å². The summed E-state index contributed by atoms with van der Waals surface area (Å²) in [6.07, 6.45) is 9.02. The van der Waals surface area contributed by atoms with Gasteiger partial charge >= 0.3 is 0 Å². The van der Waals surface area contributed by atoms with Gasteiger partial charge in [0.15, 0.2) is 24.0 Å². The highest BCUT2D eigenvalue weighted by Gasteiger charge is 2.65. The van der Waals surface area contributed by atoms with Crippen molar-refractivity contribution in [1.82, 2.24) is 0 Å². The smallest absolute Gasteiger partial charge is 0.256 e. The number of rotatable bonds is 6. The minimum Gasteiger partial charge on any atom is -0.491 e. The number of anilines is 1. The summed E-state index contributed by atoms with van der Waals surface area (Å²) in [6, 6.07) is 7.51. The first kappa shape index (κ1) is 24.6. The molecule has 5 atom stereocenters. The van der Waals surface area contributed by atoms with Crippen molar-refractivity contribution in [2.45, 2.75) is 126 Å². The molecule has 2 saturated carbocycles. The number of amides is 1. The molecule has 1 amide bonds. The Balaban J connectivity index is 1.24. The lowest BCUT2D eigenvalue weighted by Crippen LogP contribution is -2.58. The number of fused-ring (bicyclic) bond motifs is 3. The summed E-state index contributed by atoms with van der Waals surface area (Å²) in [4.78, 5) is 13.7. The maximum atomic E-state index is 13.7. The average Bonchev–Trinajstić information content (AvgIpc) is 3.43. The molecule has 198 valence electrons. The van der Waals surface area contributed by atoms with Crippen molar-refractivity contribution in [3.63, 3.8) is 0 Å². The summed E-state index contributed by atoms with van der Waals surface area (Å²) in [6.45, 7) is 2.72. The van der Waals surface area contributed by atoms with Crippen LogP contribution in [0.5, 0.6) is 5.75 Å². The zero-order valence-electron chi connectivity index (χ0n) is 21.2. The Morgan fingerprint density at radius 1 is 0.889 bits per heavy atom. The van der Waals surface area contributed by atoms with E-state index in [2.05, 4.69) is 12.2 Å². The van der Waals surface area contributed by atoms with Gasteiger partial charge in [0.2, 0.25) is 0 Å². The molecule has 1 N–H and O–H groups in total. The molecule has 5 fully saturated rings. The van der Waals surface area contributed by atoms with Gasteiger partial charge in [0.05, 0.1) is 12.3 Å². The van der Waals surface area contributed by atoms with Gasteiger partial charge in [0.1, 0.15) is 24.1 Å². The first-order valence-corrected chi connectivity index (χ1v) is 14.0. The Morgan fingerprint density at radius 2 is 1.53 bits per heavy atom. The zero-order chi connectivity index (χ0) is 24.6. The third kappa shape index (κ3) is 4.67. The molecule has 8 nitrogen and oxygen atoms in total. The minimum atomic E-state index is -0.872. The van der Waals surface area contributed by atoms with Gasteiger partial charge in [-0.2, -0.15) is 0 Å². The summed E-state index contributed by atoms with van der Waals surface area (Å²) in [5, 5.41) is 3.04. The number of unbranched alkanes of at least 4 members (excludes halogenated alkanes) is 1. The predicted molar refractivity (Wildman–Crippen MR) is 131 cm³/mol. The summed E-state index contributed by atoms with van der Waals surface area (Å²) >= 11 is 0. The summed E-state index contributed by atoms with van der Waals surface area (Å²) in [5.41, 5.74) is 0.625. The quantitative estimate of drug-likeness (QED) is 0.546. The van der Waals surface area contributed by atoms with Crippen LogP contribution < -0.4 is 10.1 Å². The van der Waals surface area contributed by atoms with Crippen molar-refractivity contribution in [3.05, 3.63) is 24.3 Å². The van der Waals surface area contributed by atoms with Crippen molar-refractivity contribution in [1.29, 1.82) is 0 Å². The number of benzene rings is 1. The van der Waals surface area contributed by atoms with E-state index in [-0.39, 0.29) is 5.91 Å². The molecule has 0 radical (unpaired) electrons. The lowest BCUT2D eigenvalue weighted by atomic mass is 9.94. The fraction of sp³-hybridized carbons (Fsp3) is 0.750. The molecule has 0 bridgehead atoms. The Bertz CT molecular complexity index is 926. The van der Waals surface area contributed by atoms with Crippen molar-refractivity contribution in [2.24, 2.45) is 0 Å². The van der Waals surface area contributed by atoms with Gasteiger partial charge in [-0.05, 0) is 44.2 Å². The molecular formula is C28H39NO7. The minimum absolute atomic E-state index is 0.278. The highest BCUT2D eigenvalue weighted by molar-refractivity contribution is 5.96. The topological polar surface area (TPSA) is 84.5 Å². The van der Waals surface area contributed by atoms with Gasteiger partial charge in [-0.1, -0.05) is 38.3 Å². The van der Waals surface area contributed by atoms with E-state index in [9.17, 15) is 4.79 Å². The van der Waals surface area contributed by atoms with Crippen LogP contribution in [0.4, 0.5) is 5.69 Å². The third-order valence-corrected chi connectivity index (χ3v) is 8.27. The van der Waals surface area contributed by atoms with E-state index in [1.54, 1.807) is 0 Å². The van der Waals surface area contributed by atoms with Crippen molar-refractivity contribution in [2.75, 3.05) is 11.9 Å². The highest BCUT2D eigenvalue weighted by atomic mass is 16.9. The van der Waals surface area contributed by atoms with Gasteiger partial charge in [0, 0.05) is 25.7 Å². The van der Waals surface area contributed by atoms with E-state index < -0.39 is 42.3 Å². The maximum absolute atomic E-state index is 13.7. The molecule has 0 aromatic heterocycles. The van der Waals surface area contributed by atoms with Crippen LogP contribution in [0.2, 0.25) is 0 Å². The van der Waals surface area contributed by atoms with E-state index in [1.807, 2.05) is 24.3 Å².